The van der Waals surface area contributed by atoms with Gasteiger partial charge in [0.05, 0.1) is 6.54 Å². The fourth-order valence-corrected chi connectivity index (χ4v) is 3.09. The van der Waals surface area contributed by atoms with Gasteiger partial charge in [0.25, 0.3) is 0 Å². The van der Waals surface area contributed by atoms with Gasteiger partial charge in [0, 0.05) is 5.92 Å². The van der Waals surface area contributed by atoms with E-state index in [2.05, 4.69) is 29.0 Å². The minimum Gasteiger partial charge on any atom is -0.339 e. The Morgan fingerprint density at radius 2 is 2.19 bits per heavy atom. The Kier molecular flexibility index (Phi) is 6.93. The molecule has 1 saturated carbocycles. The van der Waals surface area contributed by atoms with Crippen molar-refractivity contribution in [2.75, 3.05) is 6.54 Å². The fraction of sp³-hybridized carbons (Fsp3) is 0.765. The molecule has 1 fully saturated rings. The average Bonchev–Trinajstić information content (AvgIpc) is 3.00. The summed E-state index contributed by atoms with van der Waals surface area (Å²) in [7, 11) is 0. The molecule has 0 saturated heterocycles. The molecule has 0 spiro atoms. The highest BCUT2D eigenvalue weighted by Gasteiger charge is 2.21. The second-order valence-corrected chi connectivity index (χ2v) is 6.15. The third-order valence-electron chi connectivity index (χ3n) is 4.53. The van der Waals surface area contributed by atoms with Crippen molar-refractivity contribution in [2.24, 2.45) is 5.92 Å². The van der Waals surface area contributed by atoms with Crippen LogP contribution in [0.1, 0.15) is 75.9 Å². The van der Waals surface area contributed by atoms with Crippen LogP contribution in [0.15, 0.2) is 17.2 Å². The zero-order valence-corrected chi connectivity index (χ0v) is 13.3. The predicted octanol–water partition coefficient (Wildman–Crippen LogP) is 4.20. The van der Waals surface area contributed by atoms with Gasteiger partial charge in [-0.3, -0.25) is 0 Å². The second kappa shape index (κ2) is 8.98. The first kappa shape index (κ1) is 16.2. The molecule has 1 N–H and O–H groups in total. The topological polar surface area (TPSA) is 51.0 Å². The van der Waals surface area contributed by atoms with Crippen LogP contribution in [0.2, 0.25) is 0 Å². The van der Waals surface area contributed by atoms with Gasteiger partial charge in [0.15, 0.2) is 5.82 Å². The van der Waals surface area contributed by atoms with Gasteiger partial charge in [-0.05, 0) is 38.1 Å². The number of aromatic nitrogens is 2. The zero-order chi connectivity index (χ0) is 14.9. The van der Waals surface area contributed by atoms with Crippen molar-refractivity contribution < 1.29 is 4.52 Å². The summed E-state index contributed by atoms with van der Waals surface area (Å²) in [6.45, 7) is 7.77. The van der Waals surface area contributed by atoms with Crippen LogP contribution in [0, 0.1) is 5.92 Å². The van der Waals surface area contributed by atoms with Gasteiger partial charge in [-0.25, -0.2) is 0 Å². The molecule has 4 heteroatoms. The van der Waals surface area contributed by atoms with Crippen LogP contribution in [0.5, 0.6) is 0 Å². The standard InChI is InChI=1S/C17H29N3O/c1-3-8-14(4-2)11-12-18-13-16-19-17(21-20-16)15-9-6-5-7-10-15/h3,14-15,18H,1,4-13H2,2H3. The Bertz CT molecular complexity index is 410. The Morgan fingerprint density at radius 1 is 1.38 bits per heavy atom. The summed E-state index contributed by atoms with van der Waals surface area (Å²) in [5, 5.41) is 7.52. The lowest BCUT2D eigenvalue weighted by atomic mass is 9.89. The van der Waals surface area contributed by atoms with Gasteiger partial charge >= 0.3 is 0 Å². The van der Waals surface area contributed by atoms with Crippen molar-refractivity contribution in [3.8, 4) is 0 Å². The van der Waals surface area contributed by atoms with Crippen molar-refractivity contribution in [1.29, 1.82) is 0 Å². The molecule has 1 unspecified atom stereocenters. The first-order valence-electron chi connectivity index (χ1n) is 8.47. The largest absolute Gasteiger partial charge is 0.339 e. The lowest BCUT2D eigenvalue weighted by Gasteiger charge is -2.17. The maximum absolute atomic E-state index is 5.43. The Hall–Kier alpha value is -1.16. The van der Waals surface area contributed by atoms with Crippen LogP contribution in [0.25, 0.3) is 0 Å². The third-order valence-corrected chi connectivity index (χ3v) is 4.53. The predicted molar refractivity (Wildman–Crippen MR) is 85.0 cm³/mol. The van der Waals surface area contributed by atoms with E-state index in [0.717, 1.165) is 30.6 Å². The number of allylic oxidation sites excluding steroid dienone is 1. The summed E-state index contributed by atoms with van der Waals surface area (Å²) < 4.78 is 5.43. The molecule has 21 heavy (non-hydrogen) atoms. The van der Waals surface area contributed by atoms with Crippen molar-refractivity contribution >= 4 is 0 Å². The zero-order valence-electron chi connectivity index (χ0n) is 13.3. The molecule has 1 heterocycles. The normalized spacial score (nSPS) is 17.8. The van der Waals surface area contributed by atoms with Gasteiger partial charge < -0.3 is 9.84 Å². The summed E-state index contributed by atoms with van der Waals surface area (Å²) in [6.07, 6.45) is 11.9. The molecule has 1 atom stereocenters. The molecule has 1 aromatic heterocycles. The molecule has 1 aromatic rings. The van der Waals surface area contributed by atoms with Gasteiger partial charge in [-0.2, -0.15) is 4.98 Å². The molecule has 4 nitrogen and oxygen atoms in total. The van der Waals surface area contributed by atoms with Crippen LogP contribution in [-0.4, -0.2) is 16.7 Å². The maximum Gasteiger partial charge on any atom is 0.229 e. The number of hydrogen-bond acceptors (Lipinski definition) is 4. The summed E-state index contributed by atoms with van der Waals surface area (Å²) in [5.74, 6) is 2.88. The highest BCUT2D eigenvalue weighted by molar-refractivity contribution is 4.95. The van der Waals surface area contributed by atoms with Crippen LogP contribution >= 0.6 is 0 Å². The quantitative estimate of drug-likeness (QED) is 0.547. The summed E-state index contributed by atoms with van der Waals surface area (Å²) in [5.41, 5.74) is 0. The van der Waals surface area contributed by atoms with E-state index in [4.69, 9.17) is 4.52 Å². The molecule has 2 rings (SSSR count). The van der Waals surface area contributed by atoms with Crippen LogP contribution < -0.4 is 5.32 Å². The highest BCUT2D eigenvalue weighted by atomic mass is 16.5. The molecule has 0 amide bonds. The SMILES string of the molecule is C=CCC(CC)CCNCc1noc(C2CCCCC2)n1. The second-order valence-electron chi connectivity index (χ2n) is 6.15. The van der Waals surface area contributed by atoms with E-state index >= 15 is 0 Å². The minimum atomic E-state index is 0.497. The molecule has 0 aliphatic heterocycles. The van der Waals surface area contributed by atoms with Crippen molar-refractivity contribution in [2.45, 2.75) is 70.8 Å². The molecule has 0 radical (unpaired) electrons. The maximum atomic E-state index is 5.43. The lowest BCUT2D eigenvalue weighted by Crippen LogP contribution is -2.18. The van der Waals surface area contributed by atoms with Crippen LogP contribution in [0.4, 0.5) is 0 Å². The lowest BCUT2D eigenvalue weighted by molar-refractivity contribution is 0.311. The van der Waals surface area contributed by atoms with E-state index in [-0.39, 0.29) is 0 Å². The highest BCUT2D eigenvalue weighted by Crippen LogP contribution is 2.31. The summed E-state index contributed by atoms with van der Waals surface area (Å²) >= 11 is 0. The van der Waals surface area contributed by atoms with E-state index in [9.17, 15) is 0 Å². The van der Waals surface area contributed by atoms with E-state index in [1.807, 2.05) is 6.08 Å². The number of nitrogens with one attached hydrogen (secondary N) is 1. The summed E-state index contributed by atoms with van der Waals surface area (Å²) in [4.78, 5) is 4.55. The minimum absolute atomic E-state index is 0.497. The summed E-state index contributed by atoms with van der Waals surface area (Å²) in [6, 6.07) is 0. The molecule has 0 aromatic carbocycles. The van der Waals surface area contributed by atoms with Crippen molar-refractivity contribution in [1.82, 2.24) is 15.5 Å². The molecule has 1 aliphatic rings. The van der Waals surface area contributed by atoms with Crippen LogP contribution in [-0.2, 0) is 6.54 Å². The number of hydrogen-bond donors (Lipinski definition) is 1. The van der Waals surface area contributed by atoms with E-state index in [1.165, 1.54) is 44.9 Å². The van der Waals surface area contributed by atoms with Gasteiger partial charge in [0.2, 0.25) is 5.89 Å². The fourth-order valence-electron chi connectivity index (χ4n) is 3.09. The smallest absolute Gasteiger partial charge is 0.229 e. The Morgan fingerprint density at radius 3 is 2.90 bits per heavy atom. The van der Waals surface area contributed by atoms with Crippen molar-refractivity contribution in [3.05, 3.63) is 24.4 Å². The van der Waals surface area contributed by atoms with E-state index in [0.29, 0.717) is 12.5 Å². The molecule has 0 bridgehead atoms. The van der Waals surface area contributed by atoms with E-state index < -0.39 is 0 Å². The Balaban J connectivity index is 1.69. The molecule has 1 aliphatic carbocycles. The monoisotopic (exact) mass is 291 g/mol. The molecular formula is C17H29N3O. The third kappa shape index (κ3) is 5.27. The molecule has 118 valence electrons. The van der Waals surface area contributed by atoms with Gasteiger partial charge in [-0.15, -0.1) is 6.58 Å². The van der Waals surface area contributed by atoms with Gasteiger partial charge in [0.1, 0.15) is 0 Å². The first-order chi connectivity index (χ1) is 10.3. The average molecular weight is 291 g/mol. The Labute approximate surface area is 128 Å². The first-order valence-corrected chi connectivity index (χ1v) is 8.47. The van der Waals surface area contributed by atoms with Crippen LogP contribution in [0.3, 0.4) is 0 Å². The number of rotatable bonds is 9. The molecular weight excluding hydrogens is 262 g/mol. The number of nitrogens with zero attached hydrogens (tertiary/aromatic N) is 2. The van der Waals surface area contributed by atoms with Crippen molar-refractivity contribution in [3.63, 3.8) is 0 Å². The van der Waals surface area contributed by atoms with Gasteiger partial charge in [-0.1, -0.05) is 43.8 Å². The van der Waals surface area contributed by atoms with E-state index in [1.54, 1.807) is 0 Å².